The molecule has 0 aromatic carbocycles. The largest absolute Gasteiger partial charge is 0.480 e. The van der Waals surface area contributed by atoms with Crippen molar-refractivity contribution < 1.29 is 23.1 Å². The molecule has 0 aromatic heterocycles. The first kappa shape index (κ1) is 13.9. The molecule has 0 bridgehead atoms. The molecule has 1 amide bonds. The summed E-state index contributed by atoms with van der Waals surface area (Å²) >= 11 is 0. The van der Waals surface area contributed by atoms with Gasteiger partial charge in [-0.25, -0.2) is 8.42 Å². The van der Waals surface area contributed by atoms with Crippen LogP contribution in [0.1, 0.15) is 6.92 Å². The van der Waals surface area contributed by atoms with E-state index in [1.165, 1.54) is 0 Å². The van der Waals surface area contributed by atoms with Gasteiger partial charge in [0.05, 0.1) is 0 Å². The minimum atomic E-state index is -4.06. The lowest BCUT2D eigenvalue weighted by Gasteiger charge is -2.34. The third-order valence-electron chi connectivity index (χ3n) is 2.64. The van der Waals surface area contributed by atoms with Crippen molar-refractivity contribution in [2.24, 2.45) is 5.73 Å². The molecule has 1 rings (SSSR count). The summed E-state index contributed by atoms with van der Waals surface area (Å²) in [6.45, 7) is 1.56. The fraction of sp³-hybridized carbons (Fsp3) is 0.750. The van der Waals surface area contributed by atoms with Crippen LogP contribution in [-0.4, -0.2) is 60.6 Å². The molecule has 0 radical (unpaired) electrons. The molecule has 1 saturated heterocycles. The minimum Gasteiger partial charge on any atom is -0.480 e. The molecule has 0 aliphatic carbocycles. The number of hydrogen-bond donors (Lipinski definition) is 3. The van der Waals surface area contributed by atoms with Gasteiger partial charge >= 0.3 is 5.97 Å². The van der Waals surface area contributed by atoms with Gasteiger partial charge < -0.3 is 16.2 Å². The molecule has 2 atom stereocenters. The van der Waals surface area contributed by atoms with E-state index in [-0.39, 0.29) is 13.1 Å². The summed E-state index contributed by atoms with van der Waals surface area (Å²) in [4.78, 5) is 21.9. The maximum Gasteiger partial charge on any atom is 0.323 e. The fourth-order valence-electron chi connectivity index (χ4n) is 1.56. The van der Waals surface area contributed by atoms with E-state index < -0.39 is 33.2 Å². The Morgan fingerprint density at radius 2 is 2.12 bits per heavy atom. The van der Waals surface area contributed by atoms with Crippen LogP contribution in [0.3, 0.4) is 0 Å². The van der Waals surface area contributed by atoms with E-state index in [1.54, 1.807) is 0 Å². The zero-order valence-electron chi connectivity index (χ0n) is 9.29. The predicted molar refractivity (Wildman–Crippen MR) is 58.6 cm³/mol. The van der Waals surface area contributed by atoms with Gasteiger partial charge in [-0.3, -0.25) is 9.59 Å². The molecule has 0 saturated carbocycles. The van der Waals surface area contributed by atoms with Crippen LogP contribution in [0.5, 0.6) is 0 Å². The number of piperazine rings is 1. The Morgan fingerprint density at radius 1 is 1.53 bits per heavy atom. The summed E-state index contributed by atoms with van der Waals surface area (Å²) < 4.78 is 24.8. The van der Waals surface area contributed by atoms with Gasteiger partial charge in [-0.2, -0.15) is 4.31 Å². The Kier molecular flexibility index (Phi) is 4.07. The molecule has 1 aliphatic rings. The lowest BCUT2D eigenvalue weighted by Crippen LogP contribution is -2.60. The lowest BCUT2D eigenvalue weighted by molar-refractivity contribution is -0.136. The molecule has 1 aliphatic heterocycles. The van der Waals surface area contributed by atoms with Crippen molar-refractivity contribution in [3.63, 3.8) is 0 Å². The number of aliphatic carboxylic acids is 1. The number of carbonyl (C=O) groups is 2. The van der Waals surface area contributed by atoms with Crippen LogP contribution in [0, 0.1) is 0 Å². The van der Waals surface area contributed by atoms with E-state index in [0.29, 0.717) is 6.54 Å². The van der Waals surface area contributed by atoms with Crippen LogP contribution in [0.4, 0.5) is 0 Å². The third kappa shape index (κ3) is 2.73. The number of carboxylic acid groups (broad SMARTS) is 1. The third-order valence-corrected chi connectivity index (χ3v) is 4.83. The van der Waals surface area contributed by atoms with Crippen molar-refractivity contribution in [2.75, 3.05) is 19.6 Å². The molecule has 17 heavy (non-hydrogen) atoms. The summed E-state index contributed by atoms with van der Waals surface area (Å²) in [6.07, 6.45) is 0. The Morgan fingerprint density at radius 3 is 2.59 bits per heavy atom. The number of nitrogens with two attached hydrogens (primary N) is 1. The van der Waals surface area contributed by atoms with Crippen LogP contribution >= 0.6 is 0 Å². The number of hydrogen-bond acceptors (Lipinski definition) is 5. The maximum absolute atomic E-state index is 12.0. The molecule has 1 fully saturated rings. The molecular formula is C8H15N3O5S. The van der Waals surface area contributed by atoms with Gasteiger partial charge in [0.25, 0.3) is 0 Å². The normalized spacial score (nSPS) is 24.2. The summed E-state index contributed by atoms with van der Waals surface area (Å²) in [5.74, 6) is -2.25. The molecular weight excluding hydrogens is 250 g/mol. The van der Waals surface area contributed by atoms with E-state index >= 15 is 0 Å². The Labute approximate surface area is 98.8 Å². The second-order valence-corrected chi connectivity index (χ2v) is 5.96. The van der Waals surface area contributed by atoms with E-state index in [0.717, 1.165) is 11.2 Å². The number of carboxylic acids is 1. The van der Waals surface area contributed by atoms with Crippen LogP contribution in [0.2, 0.25) is 0 Å². The van der Waals surface area contributed by atoms with Crippen molar-refractivity contribution in [3.8, 4) is 0 Å². The van der Waals surface area contributed by atoms with Gasteiger partial charge in [-0.1, -0.05) is 0 Å². The SMILES string of the molecule is CC(C(=O)O)S(=O)(=O)N1CCNCC1C(N)=O. The highest BCUT2D eigenvalue weighted by Gasteiger charge is 2.41. The Balaban J connectivity index is 3.03. The topological polar surface area (TPSA) is 130 Å². The first-order valence-corrected chi connectivity index (χ1v) is 6.52. The number of nitrogens with zero attached hydrogens (tertiary/aromatic N) is 1. The van der Waals surface area contributed by atoms with Crippen molar-refractivity contribution in [1.82, 2.24) is 9.62 Å². The summed E-state index contributed by atoms with van der Waals surface area (Å²) in [6, 6.07) is -1.03. The quantitative estimate of drug-likeness (QED) is 0.517. The van der Waals surface area contributed by atoms with Crippen LogP contribution in [0.25, 0.3) is 0 Å². The number of nitrogens with one attached hydrogen (secondary N) is 1. The summed E-state index contributed by atoms with van der Waals surface area (Å²) in [5, 5.41) is 9.97. The highest BCUT2D eigenvalue weighted by Crippen LogP contribution is 2.15. The van der Waals surface area contributed by atoms with Crippen molar-refractivity contribution in [1.29, 1.82) is 0 Å². The molecule has 2 unspecified atom stereocenters. The van der Waals surface area contributed by atoms with Gasteiger partial charge in [0.2, 0.25) is 15.9 Å². The number of sulfonamides is 1. The van der Waals surface area contributed by atoms with Crippen LogP contribution < -0.4 is 11.1 Å². The van der Waals surface area contributed by atoms with Gasteiger partial charge in [0.1, 0.15) is 6.04 Å². The first-order valence-electron chi connectivity index (χ1n) is 5.02. The Bertz CT molecular complexity index is 421. The molecule has 8 nitrogen and oxygen atoms in total. The molecule has 9 heteroatoms. The second kappa shape index (κ2) is 4.98. The molecule has 0 spiro atoms. The van der Waals surface area contributed by atoms with Crippen molar-refractivity contribution >= 4 is 21.9 Å². The van der Waals surface area contributed by atoms with Crippen molar-refractivity contribution in [3.05, 3.63) is 0 Å². The fourth-order valence-corrected chi connectivity index (χ4v) is 3.10. The standard InChI is InChI=1S/C8H15N3O5S/c1-5(8(13)14)17(15,16)11-3-2-10-4-6(11)7(9)12/h5-6,10H,2-4H2,1H3,(H2,9,12)(H,13,14). The minimum absolute atomic E-state index is 0.0353. The summed E-state index contributed by atoms with van der Waals surface area (Å²) in [5.41, 5.74) is 5.10. The van der Waals surface area contributed by atoms with E-state index in [9.17, 15) is 18.0 Å². The number of carbonyl (C=O) groups excluding carboxylic acids is 1. The second-order valence-electron chi connectivity index (χ2n) is 3.76. The number of primary amides is 1. The average Bonchev–Trinajstić information content (AvgIpc) is 2.27. The highest BCUT2D eigenvalue weighted by molar-refractivity contribution is 7.90. The van der Waals surface area contributed by atoms with E-state index in [1.807, 2.05) is 0 Å². The molecule has 0 aromatic rings. The lowest BCUT2D eigenvalue weighted by atomic mass is 10.2. The van der Waals surface area contributed by atoms with Gasteiger partial charge in [-0.05, 0) is 6.92 Å². The van der Waals surface area contributed by atoms with Crippen molar-refractivity contribution in [2.45, 2.75) is 18.2 Å². The average molecular weight is 265 g/mol. The van der Waals surface area contributed by atoms with Gasteiger partial charge in [-0.15, -0.1) is 0 Å². The van der Waals surface area contributed by atoms with Crippen LogP contribution in [0.15, 0.2) is 0 Å². The summed E-state index contributed by atoms with van der Waals surface area (Å²) in [7, 11) is -4.06. The first-order chi connectivity index (χ1) is 7.78. The maximum atomic E-state index is 12.0. The van der Waals surface area contributed by atoms with E-state index in [4.69, 9.17) is 10.8 Å². The molecule has 1 heterocycles. The monoisotopic (exact) mass is 265 g/mol. The predicted octanol–water partition coefficient (Wildman–Crippen LogP) is -2.45. The van der Waals surface area contributed by atoms with Gasteiger partial charge in [0.15, 0.2) is 5.25 Å². The molecule has 98 valence electrons. The molecule has 4 N–H and O–H groups in total. The van der Waals surface area contributed by atoms with Crippen LogP contribution in [-0.2, 0) is 19.6 Å². The number of amides is 1. The smallest absolute Gasteiger partial charge is 0.323 e. The Hall–Kier alpha value is -1.19. The van der Waals surface area contributed by atoms with Gasteiger partial charge in [0, 0.05) is 19.6 Å². The number of rotatable bonds is 4. The zero-order valence-corrected chi connectivity index (χ0v) is 10.1. The highest BCUT2D eigenvalue weighted by atomic mass is 32.2. The van der Waals surface area contributed by atoms with E-state index in [2.05, 4.69) is 5.32 Å². The zero-order chi connectivity index (χ0) is 13.2.